The minimum atomic E-state index is -0.315. The number of pyridine rings is 1. The van der Waals surface area contributed by atoms with Crippen LogP contribution in [0.3, 0.4) is 0 Å². The molecule has 2 rings (SSSR count). The van der Waals surface area contributed by atoms with Crippen molar-refractivity contribution < 1.29 is 9.53 Å². The van der Waals surface area contributed by atoms with Crippen LogP contribution in [0.5, 0.6) is 0 Å². The number of primary amides is 1. The summed E-state index contributed by atoms with van der Waals surface area (Å²) in [5.74, 6) is -0.315. The molecule has 1 aliphatic rings. The maximum atomic E-state index is 10.9. The second-order valence-corrected chi connectivity index (χ2v) is 5.26. The van der Waals surface area contributed by atoms with Crippen LogP contribution in [-0.2, 0) is 9.53 Å². The molecule has 110 valence electrons. The highest BCUT2D eigenvalue weighted by molar-refractivity contribution is 5.75. The third kappa shape index (κ3) is 3.91. The molecule has 1 atom stereocenters. The molecule has 1 saturated heterocycles. The molecule has 6 heteroatoms. The van der Waals surface area contributed by atoms with Gasteiger partial charge in [0.2, 0.25) is 5.91 Å². The molecule has 0 aromatic carbocycles. The van der Waals surface area contributed by atoms with Crippen LogP contribution in [0, 0.1) is 6.92 Å². The fourth-order valence-corrected chi connectivity index (χ4v) is 2.55. The van der Waals surface area contributed by atoms with Gasteiger partial charge in [0.15, 0.2) is 0 Å². The highest BCUT2D eigenvalue weighted by Gasteiger charge is 2.23. The second-order valence-electron chi connectivity index (χ2n) is 5.26. The molecule has 20 heavy (non-hydrogen) atoms. The number of morpholine rings is 1. The van der Waals surface area contributed by atoms with Gasteiger partial charge < -0.3 is 15.4 Å². The average molecular weight is 278 g/mol. The van der Waals surface area contributed by atoms with Crippen molar-refractivity contribution in [2.24, 2.45) is 5.73 Å². The number of anilines is 1. The lowest BCUT2D eigenvalue weighted by Crippen LogP contribution is -2.48. The summed E-state index contributed by atoms with van der Waals surface area (Å²) in [5.41, 5.74) is 7.56. The molecule has 2 heterocycles. The van der Waals surface area contributed by atoms with Gasteiger partial charge in [-0.05, 0) is 25.6 Å². The van der Waals surface area contributed by atoms with Crippen LogP contribution >= 0.6 is 0 Å². The van der Waals surface area contributed by atoms with Gasteiger partial charge in [-0.1, -0.05) is 0 Å². The first kappa shape index (κ1) is 14.7. The maximum absolute atomic E-state index is 10.9. The Bertz CT molecular complexity index is 466. The Morgan fingerprint density at radius 2 is 2.45 bits per heavy atom. The smallest absolute Gasteiger partial charge is 0.231 e. The zero-order chi connectivity index (χ0) is 14.5. The number of rotatable bonds is 5. The van der Waals surface area contributed by atoms with Gasteiger partial charge in [0.25, 0.3) is 0 Å². The molecule has 0 bridgehead atoms. The second kappa shape index (κ2) is 6.67. The Balaban J connectivity index is 1.95. The Labute approximate surface area is 119 Å². The molecule has 1 aromatic rings. The number of nitrogens with two attached hydrogens (primary N) is 1. The summed E-state index contributed by atoms with van der Waals surface area (Å²) in [4.78, 5) is 19.2. The summed E-state index contributed by atoms with van der Waals surface area (Å²) in [7, 11) is 1.88. The Kier molecular flexibility index (Phi) is 4.92. The number of aromatic nitrogens is 1. The van der Waals surface area contributed by atoms with E-state index >= 15 is 0 Å². The van der Waals surface area contributed by atoms with Gasteiger partial charge in [-0.3, -0.25) is 14.7 Å². The van der Waals surface area contributed by atoms with Gasteiger partial charge in [-0.25, -0.2) is 0 Å². The molecule has 0 aliphatic carbocycles. The number of hydrogen-bond acceptors (Lipinski definition) is 5. The van der Waals surface area contributed by atoms with Crippen LogP contribution in [0.2, 0.25) is 0 Å². The van der Waals surface area contributed by atoms with Crippen LogP contribution in [-0.4, -0.2) is 61.7 Å². The number of nitrogens with zero attached hydrogens (tertiary/aromatic N) is 3. The largest absolute Gasteiger partial charge is 0.373 e. The van der Waals surface area contributed by atoms with Crippen molar-refractivity contribution >= 4 is 11.6 Å². The van der Waals surface area contributed by atoms with E-state index in [1.807, 2.05) is 30.4 Å². The van der Waals surface area contributed by atoms with Crippen molar-refractivity contribution in [3.8, 4) is 0 Å². The van der Waals surface area contributed by atoms with E-state index in [9.17, 15) is 4.79 Å². The van der Waals surface area contributed by atoms with Gasteiger partial charge in [0, 0.05) is 37.7 Å². The monoisotopic (exact) mass is 278 g/mol. The third-order valence-corrected chi connectivity index (χ3v) is 3.41. The molecule has 0 radical (unpaired) electrons. The Morgan fingerprint density at radius 3 is 3.15 bits per heavy atom. The fraction of sp³-hybridized carbons (Fsp3) is 0.571. The molecule has 6 nitrogen and oxygen atoms in total. The molecule has 1 fully saturated rings. The Morgan fingerprint density at radius 1 is 1.65 bits per heavy atom. The van der Waals surface area contributed by atoms with E-state index in [4.69, 9.17) is 10.5 Å². The van der Waals surface area contributed by atoms with Crippen molar-refractivity contribution in [1.29, 1.82) is 0 Å². The zero-order valence-electron chi connectivity index (χ0n) is 12.1. The third-order valence-electron chi connectivity index (χ3n) is 3.41. The first-order valence-electron chi connectivity index (χ1n) is 6.80. The minimum absolute atomic E-state index is 0.0839. The van der Waals surface area contributed by atoms with Gasteiger partial charge in [-0.2, -0.15) is 0 Å². The maximum Gasteiger partial charge on any atom is 0.231 e. The molecule has 1 amide bonds. The normalized spacial score (nSPS) is 19.4. The van der Waals surface area contributed by atoms with Gasteiger partial charge >= 0.3 is 0 Å². The van der Waals surface area contributed by atoms with E-state index in [2.05, 4.69) is 16.8 Å². The fourth-order valence-electron chi connectivity index (χ4n) is 2.55. The molecule has 2 N–H and O–H groups in total. The first-order valence-corrected chi connectivity index (χ1v) is 6.80. The molecule has 1 unspecified atom stereocenters. The van der Waals surface area contributed by atoms with Gasteiger partial charge in [-0.15, -0.1) is 0 Å². The summed E-state index contributed by atoms with van der Waals surface area (Å²) in [6.45, 7) is 5.40. The number of carbonyl (C=O) groups is 1. The lowest BCUT2D eigenvalue weighted by atomic mass is 10.2. The number of aryl methyl sites for hydroxylation is 1. The predicted molar refractivity (Wildman–Crippen MR) is 77.6 cm³/mol. The topological polar surface area (TPSA) is 71.7 Å². The van der Waals surface area contributed by atoms with Crippen LogP contribution in [0.1, 0.15) is 5.56 Å². The van der Waals surface area contributed by atoms with Crippen molar-refractivity contribution in [1.82, 2.24) is 9.88 Å². The van der Waals surface area contributed by atoms with Crippen molar-refractivity contribution in [3.63, 3.8) is 0 Å². The van der Waals surface area contributed by atoms with E-state index in [1.165, 1.54) is 11.3 Å². The summed E-state index contributed by atoms with van der Waals surface area (Å²) in [6.07, 6.45) is 3.77. The molecular formula is C14H22N4O2. The van der Waals surface area contributed by atoms with Crippen LogP contribution in [0.25, 0.3) is 0 Å². The van der Waals surface area contributed by atoms with Crippen LogP contribution in [0.4, 0.5) is 5.69 Å². The Hall–Kier alpha value is -1.66. The van der Waals surface area contributed by atoms with E-state index < -0.39 is 0 Å². The SMILES string of the molecule is Cc1cnccc1N1CCOC(CN(C)CC(N)=O)C1. The highest BCUT2D eigenvalue weighted by Crippen LogP contribution is 2.21. The first-order chi connectivity index (χ1) is 9.56. The minimum Gasteiger partial charge on any atom is -0.373 e. The summed E-state index contributed by atoms with van der Waals surface area (Å²) in [6, 6.07) is 2.03. The van der Waals surface area contributed by atoms with E-state index in [0.717, 1.165) is 13.1 Å². The van der Waals surface area contributed by atoms with Gasteiger partial charge in [0.1, 0.15) is 0 Å². The molecule has 0 spiro atoms. The molecule has 1 aliphatic heterocycles. The summed E-state index contributed by atoms with van der Waals surface area (Å²) < 4.78 is 5.77. The molecule has 1 aromatic heterocycles. The van der Waals surface area contributed by atoms with E-state index in [1.54, 1.807) is 0 Å². The lowest BCUT2D eigenvalue weighted by Gasteiger charge is -2.36. The number of likely N-dealkylation sites (N-methyl/N-ethyl adjacent to an activating group) is 1. The van der Waals surface area contributed by atoms with Crippen molar-refractivity contribution in [2.45, 2.75) is 13.0 Å². The quantitative estimate of drug-likeness (QED) is 0.821. The number of amides is 1. The lowest BCUT2D eigenvalue weighted by molar-refractivity contribution is -0.119. The number of hydrogen-bond donors (Lipinski definition) is 1. The van der Waals surface area contributed by atoms with Crippen LogP contribution < -0.4 is 10.6 Å². The summed E-state index contributed by atoms with van der Waals surface area (Å²) >= 11 is 0. The van der Waals surface area contributed by atoms with E-state index in [0.29, 0.717) is 13.2 Å². The molecular weight excluding hydrogens is 256 g/mol. The number of ether oxygens (including phenoxy) is 1. The van der Waals surface area contributed by atoms with Crippen LogP contribution in [0.15, 0.2) is 18.5 Å². The average Bonchev–Trinajstić information content (AvgIpc) is 2.38. The van der Waals surface area contributed by atoms with E-state index in [-0.39, 0.29) is 18.6 Å². The summed E-state index contributed by atoms with van der Waals surface area (Å²) in [5, 5.41) is 0. The van der Waals surface area contributed by atoms with Crippen molar-refractivity contribution in [2.75, 3.05) is 44.7 Å². The highest BCUT2D eigenvalue weighted by atomic mass is 16.5. The molecule has 0 saturated carbocycles. The predicted octanol–water partition coefficient (Wildman–Crippen LogP) is 0.0123. The number of carbonyl (C=O) groups excluding carboxylic acids is 1. The zero-order valence-corrected chi connectivity index (χ0v) is 12.1. The van der Waals surface area contributed by atoms with Gasteiger partial charge in [0.05, 0.1) is 19.3 Å². The van der Waals surface area contributed by atoms with Crippen molar-refractivity contribution in [3.05, 3.63) is 24.0 Å². The standard InChI is InChI=1S/C14H22N4O2/c1-11-7-16-4-3-13(11)18-5-6-20-12(9-18)8-17(2)10-14(15)19/h3-4,7,12H,5-6,8-10H2,1-2H3,(H2,15,19).